The number of hydrogen-bond donors (Lipinski definition) is 2. The van der Waals surface area contributed by atoms with Crippen molar-refractivity contribution in [2.45, 2.75) is 18.9 Å². The van der Waals surface area contributed by atoms with Crippen LogP contribution in [0.3, 0.4) is 0 Å². The van der Waals surface area contributed by atoms with Gasteiger partial charge in [-0.2, -0.15) is 0 Å². The summed E-state index contributed by atoms with van der Waals surface area (Å²) in [6.07, 6.45) is 1.96. The molecule has 1 unspecified atom stereocenters. The molecule has 1 fully saturated rings. The third-order valence-electron chi connectivity index (χ3n) is 2.74. The number of nitrogens with one attached hydrogen (secondary N) is 2. The van der Waals surface area contributed by atoms with Gasteiger partial charge in [0, 0.05) is 0 Å². The highest BCUT2D eigenvalue weighted by Crippen LogP contribution is 2.23. The highest BCUT2D eigenvalue weighted by atomic mass is 16.5. The molecule has 2 rings (SSSR count). The maximum atomic E-state index is 11.9. The quantitative estimate of drug-likeness (QED) is 0.809. The maximum absolute atomic E-state index is 11.9. The van der Waals surface area contributed by atoms with E-state index in [9.17, 15) is 4.79 Å². The first-order valence-electron chi connectivity index (χ1n) is 5.48. The van der Waals surface area contributed by atoms with E-state index in [1.807, 2.05) is 24.3 Å². The van der Waals surface area contributed by atoms with Crippen molar-refractivity contribution in [3.8, 4) is 5.75 Å². The van der Waals surface area contributed by atoms with Crippen LogP contribution in [0.25, 0.3) is 0 Å². The Morgan fingerprint density at radius 3 is 3.00 bits per heavy atom. The predicted molar refractivity (Wildman–Crippen MR) is 62.6 cm³/mol. The summed E-state index contributed by atoms with van der Waals surface area (Å²) < 4.78 is 5.17. The number of carbonyl (C=O) groups is 1. The van der Waals surface area contributed by atoms with Gasteiger partial charge in [0.2, 0.25) is 5.91 Å². The number of methoxy groups -OCH3 is 1. The first-order chi connectivity index (χ1) is 7.81. The van der Waals surface area contributed by atoms with E-state index < -0.39 is 0 Å². The molecule has 0 saturated carbocycles. The molecule has 0 aliphatic carbocycles. The third kappa shape index (κ3) is 2.33. The van der Waals surface area contributed by atoms with Crippen LogP contribution in [0.4, 0.5) is 5.69 Å². The van der Waals surface area contributed by atoms with Crippen LogP contribution in [0.1, 0.15) is 12.8 Å². The molecule has 2 N–H and O–H groups in total. The minimum atomic E-state index is -0.0649. The van der Waals surface area contributed by atoms with E-state index in [0.717, 1.165) is 25.1 Å². The zero-order valence-electron chi connectivity index (χ0n) is 9.32. The zero-order valence-corrected chi connectivity index (χ0v) is 9.32. The van der Waals surface area contributed by atoms with Crippen molar-refractivity contribution in [1.82, 2.24) is 5.32 Å². The zero-order chi connectivity index (χ0) is 11.4. The molecule has 0 bridgehead atoms. The second-order valence-corrected chi connectivity index (χ2v) is 3.84. The van der Waals surface area contributed by atoms with Crippen molar-refractivity contribution in [3.05, 3.63) is 24.3 Å². The lowest BCUT2D eigenvalue weighted by molar-refractivity contribution is -0.117. The van der Waals surface area contributed by atoms with Crippen LogP contribution in [0.2, 0.25) is 0 Å². The fraction of sp³-hybridized carbons (Fsp3) is 0.417. The first-order valence-corrected chi connectivity index (χ1v) is 5.48. The average molecular weight is 220 g/mol. The van der Waals surface area contributed by atoms with Gasteiger partial charge in [0.1, 0.15) is 5.75 Å². The Kier molecular flexibility index (Phi) is 3.41. The van der Waals surface area contributed by atoms with Crippen molar-refractivity contribution in [3.63, 3.8) is 0 Å². The fourth-order valence-corrected chi connectivity index (χ4v) is 1.88. The number of carbonyl (C=O) groups excluding carboxylic acids is 1. The number of anilines is 1. The minimum Gasteiger partial charge on any atom is -0.495 e. The Labute approximate surface area is 95.0 Å². The number of hydrogen-bond acceptors (Lipinski definition) is 3. The van der Waals surface area contributed by atoms with Crippen LogP contribution in [0, 0.1) is 0 Å². The summed E-state index contributed by atoms with van der Waals surface area (Å²) in [6.45, 7) is 0.921. The van der Waals surface area contributed by atoms with Gasteiger partial charge < -0.3 is 15.4 Å². The molecule has 0 aromatic heterocycles. The minimum absolute atomic E-state index is 0.0157. The Bertz CT molecular complexity index is 373. The maximum Gasteiger partial charge on any atom is 0.241 e. The lowest BCUT2D eigenvalue weighted by Crippen LogP contribution is -2.35. The lowest BCUT2D eigenvalue weighted by Gasteiger charge is -2.13. The molecule has 4 heteroatoms. The van der Waals surface area contributed by atoms with Crippen molar-refractivity contribution >= 4 is 11.6 Å². The van der Waals surface area contributed by atoms with Gasteiger partial charge in [-0.25, -0.2) is 0 Å². The molecule has 1 amide bonds. The molecule has 1 heterocycles. The molecule has 4 nitrogen and oxygen atoms in total. The molecule has 1 aromatic carbocycles. The fourth-order valence-electron chi connectivity index (χ4n) is 1.88. The molecular formula is C12H16N2O2. The van der Waals surface area contributed by atoms with Gasteiger partial charge in [-0.3, -0.25) is 4.79 Å². The molecule has 1 aliphatic heterocycles. The number of benzene rings is 1. The van der Waals surface area contributed by atoms with Crippen molar-refractivity contribution in [2.75, 3.05) is 19.0 Å². The van der Waals surface area contributed by atoms with Crippen LogP contribution >= 0.6 is 0 Å². The second kappa shape index (κ2) is 4.99. The van der Waals surface area contributed by atoms with Crippen LogP contribution in [0.15, 0.2) is 24.3 Å². The van der Waals surface area contributed by atoms with E-state index in [2.05, 4.69) is 10.6 Å². The summed E-state index contributed by atoms with van der Waals surface area (Å²) in [5.41, 5.74) is 0.726. The standard InChI is InChI=1S/C12H16N2O2/c1-16-11-7-3-2-5-9(11)14-12(15)10-6-4-8-13-10/h2-3,5,7,10,13H,4,6,8H2,1H3,(H,14,15). The first kappa shape index (κ1) is 11.0. The smallest absolute Gasteiger partial charge is 0.241 e. The van der Waals surface area contributed by atoms with E-state index in [1.54, 1.807) is 7.11 Å². The molecular weight excluding hydrogens is 204 g/mol. The second-order valence-electron chi connectivity index (χ2n) is 3.84. The summed E-state index contributed by atoms with van der Waals surface area (Å²) >= 11 is 0. The Hall–Kier alpha value is -1.55. The molecule has 0 radical (unpaired) electrons. The number of ether oxygens (including phenoxy) is 1. The monoisotopic (exact) mass is 220 g/mol. The van der Waals surface area contributed by atoms with Gasteiger partial charge in [0.25, 0.3) is 0 Å². The van der Waals surface area contributed by atoms with Gasteiger partial charge in [-0.15, -0.1) is 0 Å². The predicted octanol–water partition coefficient (Wildman–Crippen LogP) is 1.39. The summed E-state index contributed by atoms with van der Waals surface area (Å²) in [7, 11) is 1.60. The molecule has 1 saturated heterocycles. The number of amides is 1. The van der Waals surface area contributed by atoms with Gasteiger partial charge in [0.15, 0.2) is 0 Å². The SMILES string of the molecule is COc1ccccc1NC(=O)C1CCCN1. The third-order valence-corrected chi connectivity index (χ3v) is 2.74. The van der Waals surface area contributed by atoms with Gasteiger partial charge in [-0.05, 0) is 31.5 Å². The van der Waals surface area contributed by atoms with E-state index in [-0.39, 0.29) is 11.9 Å². The molecule has 1 atom stereocenters. The molecule has 0 spiro atoms. The van der Waals surface area contributed by atoms with Crippen molar-refractivity contribution in [2.24, 2.45) is 0 Å². The van der Waals surface area contributed by atoms with Gasteiger partial charge >= 0.3 is 0 Å². The Morgan fingerprint density at radius 1 is 1.50 bits per heavy atom. The number of rotatable bonds is 3. The van der Waals surface area contributed by atoms with E-state index in [4.69, 9.17) is 4.74 Å². The Balaban J connectivity index is 2.05. The molecule has 86 valence electrons. The highest BCUT2D eigenvalue weighted by molar-refractivity contribution is 5.96. The largest absolute Gasteiger partial charge is 0.495 e. The topological polar surface area (TPSA) is 50.4 Å². The Morgan fingerprint density at radius 2 is 2.31 bits per heavy atom. The summed E-state index contributed by atoms with van der Waals surface area (Å²) in [4.78, 5) is 11.9. The summed E-state index contributed by atoms with van der Waals surface area (Å²) in [5, 5.41) is 6.04. The van der Waals surface area contributed by atoms with E-state index in [0.29, 0.717) is 5.75 Å². The molecule has 1 aliphatic rings. The number of para-hydroxylation sites is 2. The van der Waals surface area contributed by atoms with E-state index >= 15 is 0 Å². The van der Waals surface area contributed by atoms with Gasteiger partial charge in [-0.1, -0.05) is 12.1 Å². The van der Waals surface area contributed by atoms with Crippen molar-refractivity contribution < 1.29 is 9.53 Å². The normalized spacial score (nSPS) is 19.4. The summed E-state index contributed by atoms with van der Waals surface area (Å²) in [6, 6.07) is 7.36. The van der Waals surface area contributed by atoms with Crippen LogP contribution in [-0.2, 0) is 4.79 Å². The molecule has 1 aromatic rings. The lowest BCUT2D eigenvalue weighted by atomic mass is 10.2. The summed E-state index contributed by atoms with van der Waals surface area (Å²) in [5.74, 6) is 0.704. The van der Waals surface area contributed by atoms with Crippen LogP contribution in [-0.4, -0.2) is 25.6 Å². The van der Waals surface area contributed by atoms with Gasteiger partial charge in [0.05, 0.1) is 18.8 Å². The van der Waals surface area contributed by atoms with Crippen LogP contribution in [0.5, 0.6) is 5.75 Å². The van der Waals surface area contributed by atoms with Crippen LogP contribution < -0.4 is 15.4 Å². The van der Waals surface area contributed by atoms with Crippen molar-refractivity contribution in [1.29, 1.82) is 0 Å². The average Bonchev–Trinajstić information content (AvgIpc) is 2.83. The molecule has 16 heavy (non-hydrogen) atoms. The van der Waals surface area contributed by atoms with E-state index in [1.165, 1.54) is 0 Å². The highest BCUT2D eigenvalue weighted by Gasteiger charge is 2.22.